The molecule has 0 saturated heterocycles. The maximum atomic E-state index is 12.7. The fourth-order valence-corrected chi connectivity index (χ4v) is 3.40. The molecule has 0 fully saturated rings. The minimum absolute atomic E-state index is 0.381. The summed E-state index contributed by atoms with van der Waals surface area (Å²) in [6.07, 6.45) is -4.38. The molecule has 0 aliphatic rings. The first kappa shape index (κ1) is 16.5. The molecule has 0 unspecified atom stereocenters. The van der Waals surface area contributed by atoms with Gasteiger partial charge in [-0.3, -0.25) is 0 Å². The number of halogens is 3. The Labute approximate surface area is 149 Å². The third-order valence-electron chi connectivity index (χ3n) is 3.80. The van der Waals surface area contributed by atoms with Crippen molar-refractivity contribution in [3.05, 3.63) is 54.1 Å². The average molecular weight is 376 g/mol. The average Bonchev–Trinajstić information content (AvgIpc) is 3.21. The van der Waals surface area contributed by atoms with Crippen LogP contribution in [0.2, 0.25) is 0 Å². The molecule has 0 saturated carbocycles. The maximum absolute atomic E-state index is 12.7. The molecule has 2 aromatic carbocycles. The molecule has 0 atom stereocenters. The summed E-state index contributed by atoms with van der Waals surface area (Å²) in [6, 6.07) is 12.2. The standard InChI is InChI=1S/C17H11F3N4OS/c1-25-13-5-3-2-4-12(13)15-23-24-14(21-22-16(24)26-15)10-6-8-11(9-7-10)17(18,19)20/h2-9H,1H3. The second kappa shape index (κ2) is 6.10. The zero-order valence-electron chi connectivity index (χ0n) is 13.4. The van der Waals surface area contributed by atoms with Crippen molar-refractivity contribution in [3.8, 4) is 27.7 Å². The monoisotopic (exact) mass is 376 g/mol. The summed E-state index contributed by atoms with van der Waals surface area (Å²) in [5, 5.41) is 13.3. The molecule has 4 aromatic rings. The zero-order chi connectivity index (χ0) is 18.3. The van der Waals surface area contributed by atoms with Gasteiger partial charge in [0.1, 0.15) is 5.75 Å². The van der Waals surface area contributed by atoms with Gasteiger partial charge in [-0.2, -0.15) is 22.8 Å². The quantitative estimate of drug-likeness (QED) is 0.527. The molecule has 2 aromatic heterocycles. The predicted molar refractivity (Wildman–Crippen MR) is 91.1 cm³/mol. The van der Waals surface area contributed by atoms with Gasteiger partial charge in [0.05, 0.1) is 18.2 Å². The summed E-state index contributed by atoms with van der Waals surface area (Å²) in [5.74, 6) is 1.06. The summed E-state index contributed by atoms with van der Waals surface area (Å²) >= 11 is 1.32. The molecule has 0 aliphatic heterocycles. The number of alkyl halides is 3. The van der Waals surface area contributed by atoms with Gasteiger partial charge in [-0.1, -0.05) is 35.6 Å². The van der Waals surface area contributed by atoms with Crippen molar-refractivity contribution in [2.24, 2.45) is 0 Å². The lowest BCUT2D eigenvalue weighted by Gasteiger charge is -2.06. The topological polar surface area (TPSA) is 52.3 Å². The number of hydrogen-bond donors (Lipinski definition) is 0. The highest BCUT2D eigenvalue weighted by atomic mass is 32.1. The van der Waals surface area contributed by atoms with E-state index in [-0.39, 0.29) is 0 Å². The molecular weight excluding hydrogens is 365 g/mol. The van der Waals surface area contributed by atoms with Crippen LogP contribution in [0.25, 0.3) is 26.9 Å². The second-order valence-corrected chi connectivity index (χ2v) is 6.36. The Morgan fingerprint density at radius 3 is 2.42 bits per heavy atom. The molecule has 0 radical (unpaired) electrons. The van der Waals surface area contributed by atoms with E-state index in [1.54, 1.807) is 7.11 Å². The number of methoxy groups -OCH3 is 1. The summed E-state index contributed by atoms with van der Waals surface area (Å²) in [4.78, 5) is 0.542. The fourth-order valence-electron chi connectivity index (χ4n) is 2.54. The van der Waals surface area contributed by atoms with Crippen LogP contribution >= 0.6 is 11.3 Å². The molecular formula is C17H11F3N4OS. The van der Waals surface area contributed by atoms with E-state index in [0.717, 1.165) is 17.7 Å². The molecule has 0 amide bonds. The molecule has 0 bridgehead atoms. The lowest BCUT2D eigenvalue weighted by Crippen LogP contribution is -2.04. The fraction of sp³-hybridized carbons (Fsp3) is 0.118. The van der Waals surface area contributed by atoms with E-state index in [2.05, 4.69) is 15.3 Å². The highest BCUT2D eigenvalue weighted by Gasteiger charge is 2.30. The molecule has 0 aliphatic carbocycles. The van der Waals surface area contributed by atoms with E-state index in [4.69, 9.17) is 4.74 Å². The second-order valence-electron chi connectivity index (χ2n) is 5.40. The lowest BCUT2D eigenvalue weighted by atomic mass is 10.1. The van der Waals surface area contributed by atoms with Gasteiger partial charge in [0.2, 0.25) is 4.96 Å². The van der Waals surface area contributed by atoms with Gasteiger partial charge in [0.15, 0.2) is 10.8 Å². The van der Waals surface area contributed by atoms with E-state index in [0.29, 0.717) is 27.1 Å². The van der Waals surface area contributed by atoms with Gasteiger partial charge < -0.3 is 4.74 Å². The van der Waals surface area contributed by atoms with Crippen LogP contribution < -0.4 is 4.74 Å². The first-order valence-corrected chi connectivity index (χ1v) is 8.32. The molecule has 4 rings (SSSR count). The highest BCUT2D eigenvalue weighted by molar-refractivity contribution is 7.19. The smallest absolute Gasteiger partial charge is 0.416 e. The molecule has 5 nitrogen and oxygen atoms in total. The van der Waals surface area contributed by atoms with Gasteiger partial charge in [-0.05, 0) is 24.3 Å². The predicted octanol–water partition coefficient (Wildman–Crippen LogP) is 4.55. The lowest BCUT2D eigenvalue weighted by molar-refractivity contribution is -0.137. The SMILES string of the molecule is COc1ccccc1-c1nn2c(-c3ccc(C(F)(F)F)cc3)nnc2s1. The Balaban J connectivity index is 1.77. The summed E-state index contributed by atoms with van der Waals surface area (Å²) in [5.41, 5.74) is 0.598. The van der Waals surface area contributed by atoms with Crippen molar-refractivity contribution in [2.75, 3.05) is 7.11 Å². The van der Waals surface area contributed by atoms with Crippen molar-refractivity contribution in [1.82, 2.24) is 19.8 Å². The Hall–Kier alpha value is -2.94. The van der Waals surface area contributed by atoms with Crippen LogP contribution in [0.4, 0.5) is 13.2 Å². The van der Waals surface area contributed by atoms with Gasteiger partial charge in [0.25, 0.3) is 0 Å². The largest absolute Gasteiger partial charge is 0.496 e. The molecule has 2 heterocycles. The minimum atomic E-state index is -4.38. The van der Waals surface area contributed by atoms with Crippen LogP contribution in [-0.2, 0) is 6.18 Å². The first-order valence-electron chi connectivity index (χ1n) is 7.50. The highest BCUT2D eigenvalue weighted by Crippen LogP contribution is 2.34. The number of fused-ring (bicyclic) bond motifs is 1. The van der Waals surface area contributed by atoms with E-state index in [9.17, 15) is 13.2 Å². The van der Waals surface area contributed by atoms with E-state index < -0.39 is 11.7 Å². The number of ether oxygens (including phenoxy) is 1. The molecule has 0 N–H and O–H groups in total. The summed E-state index contributed by atoms with van der Waals surface area (Å²) in [7, 11) is 1.58. The number of rotatable bonds is 3. The maximum Gasteiger partial charge on any atom is 0.416 e. The molecule has 9 heteroatoms. The number of aromatic nitrogens is 4. The van der Waals surface area contributed by atoms with Crippen LogP contribution in [0.3, 0.4) is 0 Å². The first-order chi connectivity index (χ1) is 12.5. The Bertz CT molecular complexity index is 1070. The van der Waals surface area contributed by atoms with Gasteiger partial charge >= 0.3 is 6.18 Å². The van der Waals surface area contributed by atoms with Crippen LogP contribution in [-0.4, -0.2) is 26.9 Å². The van der Waals surface area contributed by atoms with Crippen molar-refractivity contribution < 1.29 is 17.9 Å². The number of nitrogens with zero attached hydrogens (tertiary/aromatic N) is 4. The Morgan fingerprint density at radius 2 is 1.73 bits per heavy atom. The van der Waals surface area contributed by atoms with Gasteiger partial charge in [-0.15, -0.1) is 10.2 Å². The number of benzene rings is 2. The van der Waals surface area contributed by atoms with Gasteiger partial charge in [0, 0.05) is 5.56 Å². The third-order valence-corrected chi connectivity index (χ3v) is 4.73. The van der Waals surface area contributed by atoms with Crippen LogP contribution in [0, 0.1) is 0 Å². The van der Waals surface area contributed by atoms with E-state index in [1.807, 2.05) is 24.3 Å². The minimum Gasteiger partial charge on any atom is -0.496 e. The summed E-state index contributed by atoms with van der Waals surface area (Å²) < 4.78 is 45.0. The third kappa shape index (κ3) is 2.80. The Morgan fingerprint density at radius 1 is 1.00 bits per heavy atom. The van der Waals surface area contributed by atoms with E-state index in [1.165, 1.54) is 28.0 Å². The van der Waals surface area contributed by atoms with Crippen molar-refractivity contribution >= 4 is 16.3 Å². The van der Waals surface area contributed by atoms with Gasteiger partial charge in [-0.25, -0.2) is 0 Å². The number of hydrogen-bond acceptors (Lipinski definition) is 5. The molecule has 132 valence electrons. The van der Waals surface area contributed by atoms with Crippen LogP contribution in [0.15, 0.2) is 48.5 Å². The summed E-state index contributed by atoms with van der Waals surface area (Å²) in [6.45, 7) is 0. The molecule has 26 heavy (non-hydrogen) atoms. The van der Waals surface area contributed by atoms with Crippen LogP contribution in [0.1, 0.15) is 5.56 Å². The molecule has 0 spiro atoms. The van der Waals surface area contributed by atoms with Crippen molar-refractivity contribution in [1.29, 1.82) is 0 Å². The van der Waals surface area contributed by atoms with Crippen LogP contribution in [0.5, 0.6) is 5.75 Å². The van der Waals surface area contributed by atoms with Crippen molar-refractivity contribution in [2.45, 2.75) is 6.18 Å². The van der Waals surface area contributed by atoms with E-state index >= 15 is 0 Å². The zero-order valence-corrected chi connectivity index (χ0v) is 14.2. The Kier molecular flexibility index (Phi) is 3.87. The normalized spacial score (nSPS) is 11.8. The van der Waals surface area contributed by atoms with Crippen molar-refractivity contribution in [3.63, 3.8) is 0 Å². The number of para-hydroxylation sites is 1.